The maximum absolute atomic E-state index is 10.1. The molecule has 5 nitrogen and oxygen atoms in total. The topological polar surface area (TPSA) is 94.8 Å². The van der Waals surface area contributed by atoms with E-state index in [1.807, 2.05) is 0 Å². The molecule has 0 saturated carbocycles. The molecule has 0 heterocycles. The predicted octanol–water partition coefficient (Wildman–Crippen LogP) is 0.633. The summed E-state index contributed by atoms with van der Waals surface area (Å²) in [5.41, 5.74) is 0. The third-order valence-electron chi connectivity index (χ3n) is 1.60. The fraction of sp³-hybridized carbons (Fsp3) is 0.556. The second-order valence-corrected chi connectivity index (χ2v) is 2.90. The average Bonchev–Trinajstić information content (AvgIpc) is 2.08. The summed E-state index contributed by atoms with van der Waals surface area (Å²) in [4.78, 5) is 20.2. The highest BCUT2D eigenvalue weighted by Crippen LogP contribution is 2.04. The van der Waals surface area contributed by atoms with E-state index in [9.17, 15) is 9.59 Å². The molecular formula is C9H14O5. The minimum absolute atomic E-state index is 0.0787. The van der Waals surface area contributed by atoms with E-state index >= 15 is 0 Å². The second kappa shape index (κ2) is 7.08. The average molecular weight is 202 g/mol. The highest BCUT2D eigenvalue weighted by molar-refractivity contribution is 5.79. The van der Waals surface area contributed by atoms with Crippen molar-refractivity contribution in [3.05, 3.63) is 12.2 Å². The van der Waals surface area contributed by atoms with Crippen molar-refractivity contribution in [3.63, 3.8) is 0 Å². The van der Waals surface area contributed by atoms with Crippen molar-refractivity contribution in [3.8, 4) is 0 Å². The molecule has 3 N–H and O–H groups in total. The summed E-state index contributed by atoms with van der Waals surface area (Å²) < 4.78 is 0. The van der Waals surface area contributed by atoms with E-state index in [1.165, 1.54) is 6.08 Å². The number of hydrogen-bond donors (Lipinski definition) is 3. The highest BCUT2D eigenvalue weighted by Gasteiger charge is 2.01. The van der Waals surface area contributed by atoms with Crippen molar-refractivity contribution in [2.75, 3.05) is 0 Å². The molecule has 0 aliphatic carbocycles. The molecule has 0 aliphatic rings. The van der Waals surface area contributed by atoms with E-state index in [4.69, 9.17) is 15.3 Å². The first kappa shape index (κ1) is 12.6. The molecule has 0 aromatic carbocycles. The predicted molar refractivity (Wildman–Crippen MR) is 48.9 cm³/mol. The Kier molecular flexibility index (Phi) is 6.39. The van der Waals surface area contributed by atoms with Gasteiger partial charge in [0.1, 0.15) is 0 Å². The van der Waals surface area contributed by atoms with E-state index in [2.05, 4.69) is 0 Å². The lowest BCUT2D eigenvalue weighted by molar-refractivity contribution is -0.137. The van der Waals surface area contributed by atoms with Gasteiger partial charge in [-0.15, -0.1) is 0 Å². The number of aliphatic hydroxyl groups excluding tert-OH is 1. The molecule has 0 unspecified atom stereocenters. The normalized spacial score (nSPS) is 12.9. The van der Waals surface area contributed by atoms with Crippen molar-refractivity contribution in [1.82, 2.24) is 0 Å². The Morgan fingerprint density at radius 3 is 2.36 bits per heavy atom. The van der Waals surface area contributed by atoms with Gasteiger partial charge in [-0.3, -0.25) is 4.79 Å². The smallest absolute Gasteiger partial charge is 0.328 e. The van der Waals surface area contributed by atoms with Crippen molar-refractivity contribution >= 4 is 11.9 Å². The Balaban J connectivity index is 3.49. The molecular weight excluding hydrogens is 188 g/mol. The van der Waals surface area contributed by atoms with E-state index < -0.39 is 18.0 Å². The van der Waals surface area contributed by atoms with Crippen molar-refractivity contribution < 1.29 is 24.9 Å². The monoisotopic (exact) mass is 202 g/mol. The van der Waals surface area contributed by atoms with Gasteiger partial charge in [0.15, 0.2) is 0 Å². The van der Waals surface area contributed by atoms with Crippen molar-refractivity contribution in [2.24, 2.45) is 0 Å². The van der Waals surface area contributed by atoms with E-state index in [0.717, 1.165) is 6.08 Å². The van der Waals surface area contributed by atoms with Crippen LogP contribution in [0.3, 0.4) is 0 Å². The van der Waals surface area contributed by atoms with Crippen LogP contribution in [0.15, 0.2) is 12.2 Å². The maximum Gasteiger partial charge on any atom is 0.328 e. The molecule has 80 valence electrons. The number of carboxylic acids is 2. The van der Waals surface area contributed by atoms with Gasteiger partial charge >= 0.3 is 11.9 Å². The van der Waals surface area contributed by atoms with Crippen LogP contribution in [0.2, 0.25) is 0 Å². The van der Waals surface area contributed by atoms with Gasteiger partial charge in [-0.2, -0.15) is 0 Å². The van der Waals surface area contributed by atoms with Gasteiger partial charge in [0.05, 0.1) is 6.10 Å². The molecule has 14 heavy (non-hydrogen) atoms. The highest BCUT2D eigenvalue weighted by atomic mass is 16.4. The standard InChI is InChI=1S/C9H14O5/c10-7(5-6-9(13)14)3-1-2-4-8(11)12/h5-7,10H,1-4H2,(H,11,12)(H,13,14)/b6-5+/t7-/m0/s1. The molecule has 0 amide bonds. The number of aliphatic hydroxyl groups is 1. The Labute approximate surface area is 81.7 Å². The number of carbonyl (C=O) groups is 2. The van der Waals surface area contributed by atoms with Crippen LogP contribution in [0, 0.1) is 0 Å². The third-order valence-corrected chi connectivity index (χ3v) is 1.60. The van der Waals surface area contributed by atoms with Crippen LogP contribution in [0.25, 0.3) is 0 Å². The first-order valence-electron chi connectivity index (χ1n) is 4.33. The third kappa shape index (κ3) is 8.73. The Hall–Kier alpha value is -1.36. The van der Waals surface area contributed by atoms with Gasteiger partial charge in [0.25, 0.3) is 0 Å². The minimum atomic E-state index is -1.10. The van der Waals surface area contributed by atoms with Crippen LogP contribution in [0.4, 0.5) is 0 Å². The van der Waals surface area contributed by atoms with E-state index in [-0.39, 0.29) is 6.42 Å². The molecule has 0 radical (unpaired) electrons. The zero-order valence-electron chi connectivity index (χ0n) is 7.72. The number of rotatable bonds is 7. The lowest BCUT2D eigenvalue weighted by Crippen LogP contribution is -2.04. The molecule has 0 spiro atoms. The van der Waals surface area contributed by atoms with E-state index in [1.54, 1.807) is 0 Å². The SMILES string of the molecule is O=C(O)/C=C/[C@@H](O)CCCCC(=O)O. The molecule has 0 saturated heterocycles. The summed E-state index contributed by atoms with van der Waals surface area (Å²) in [5.74, 6) is -1.96. The molecule has 0 aromatic heterocycles. The van der Waals surface area contributed by atoms with Gasteiger partial charge in [-0.25, -0.2) is 4.79 Å². The lowest BCUT2D eigenvalue weighted by atomic mass is 10.1. The summed E-state index contributed by atoms with van der Waals surface area (Å²) in [6, 6.07) is 0. The van der Waals surface area contributed by atoms with Crippen molar-refractivity contribution in [1.29, 1.82) is 0 Å². The van der Waals surface area contributed by atoms with E-state index in [0.29, 0.717) is 19.3 Å². The van der Waals surface area contributed by atoms with Gasteiger partial charge < -0.3 is 15.3 Å². The quantitative estimate of drug-likeness (QED) is 0.416. The molecule has 1 atom stereocenters. The molecule has 0 aromatic rings. The second-order valence-electron chi connectivity index (χ2n) is 2.90. The fourth-order valence-corrected chi connectivity index (χ4v) is 0.919. The summed E-state index contributed by atoms with van der Waals surface area (Å²) in [6.07, 6.45) is 2.78. The molecule has 5 heteroatoms. The summed E-state index contributed by atoms with van der Waals surface area (Å²) in [7, 11) is 0. The first-order chi connectivity index (χ1) is 6.52. The molecule has 0 aliphatic heterocycles. The van der Waals surface area contributed by atoms with Crippen LogP contribution in [-0.4, -0.2) is 33.4 Å². The zero-order chi connectivity index (χ0) is 11.0. The number of carboxylic acid groups (broad SMARTS) is 2. The fourth-order valence-electron chi connectivity index (χ4n) is 0.919. The van der Waals surface area contributed by atoms with Gasteiger partial charge in [0.2, 0.25) is 0 Å². The van der Waals surface area contributed by atoms with Crippen molar-refractivity contribution in [2.45, 2.75) is 31.8 Å². The Morgan fingerprint density at radius 2 is 1.86 bits per heavy atom. The minimum Gasteiger partial charge on any atom is -0.481 e. The molecule has 0 fully saturated rings. The Bertz CT molecular complexity index is 221. The largest absolute Gasteiger partial charge is 0.481 e. The van der Waals surface area contributed by atoms with Crippen LogP contribution >= 0.6 is 0 Å². The first-order valence-corrected chi connectivity index (χ1v) is 4.33. The van der Waals surface area contributed by atoms with Crippen LogP contribution in [0.1, 0.15) is 25.7 Å². The molecule has 0 bridgehead atoms. The lowest BCUT2D eigenvalue weighted by Gasteiger charge is -2.03. The van der Waals surface area contributed by atoms with Crippen LogP contribution in [-0.2, 0) is 9.59 Å². The Morgan fingerprint density at radius 1 is 1.21 bits per heavy atom. The van der Waals surface area contributed by atoms with Gasteiger partial charge in [-0.1, -0.05) is 0 Å². The van der Waals surface area contributed by atoms with Crippen LogP contribution in [0.5, 0.6) is 0 Å². The van der Waals surface area contributed by atoms with Gasteiger partial charge in [-0.05, 0) is 25.3 Å². The number of aliphatic carboxylic acids is 2. The maximum atomic E-state index is 10.1. The molecule has 0 rings (SSSR count). The van der Waals surface area contributed by atoms with Crippen LogP contribution < -0.4 is 0 Å². The zero-order valence-corrected chi connectivity index (χ0v) is 7.72. The van der Waals surface area contributed by atoms with Gasteiger partial charge in [0, 0.05) is 12.5 Å². The number of unbranched alkanes of at least 4 members (excludes halogenated alkanes) is 1. The number of hydrogen-bond acceptors (Lipinski definition) is 3. The summed E-state index contributed by atoms with van der Waals surface area (Å²) in [5, 5.41) is 25.7. The summed E-state index contributed by atoms with van der Waals surface area (Å²) in [6.45, 7) is 0. The summed E-state index contributed by atoms with van der Waals surface area (Å²) >= 11 is 0.